The van der Waals surface area contributed by atoms with Crippen molar-refractivity contribution >= 4 is 28.3 Å². The van der Waals surface area contributed by atoms with E-state index in [4.69, 9.17) is 0 Å². The van der Waals surface area contributed by atoms with Crippen molar-refractivity contribution in [1.82, 2.24) is 20.3 Å². The highest BCUT2D eigenvalue weighted by molar-refractivity contribution is 7.14. The Balaban J connectivity index is 1.83. The molecule has 0 aromatic carbocycles. The van der Waals surface area contributed by atoms with Gasteiger partial charge in [-0.3, -0.25) is 19.9 Å². The number of carbonyl (C=O) groups is 2. The minimum absolute atomic E-state index is 0.0669. The first kappa shape index (κ1) is 17.0. The molecule has 2 heterocycles. The summed E-state index contributed by atoms with van der Waals surface area (Å²) in [6, 6.07) is 0. The zero-order valence-corrected chi connectivity index (χ0v) is 13.9. The molecule has 0 bridgehead atoms. The van der Waals surface area contributed by atoms with Crippen molar-refractivity contribution in [3.05, 3.63) is 35.4 Å². The van der Waals surface area contributed by atoms with Crippen LogP contribution >= 0.6 is 11.3 Å². The Morgan fingerprint density at radius 1 is 1.30 bits per heavy atom. The molecule has 0 fully saturated rings. The molecule has 0 saturated carbocycles. The lowest BCUT2D eigenvalue weighted by atomic mass is 10.1. The molecule has 0 aliphatic heterocycles. The average molecular weight is 333 g/mol. The van der Waals surface area contributed by atoms with Crippen LogP contribution in [0.1, 0.15) is 36.5 Å². The summed E-state index contributed by atoms with van der Waals surface area (Å²) < 4.78 is 0. The molecule has 0 atom stereocenters. The highest BCUT2D eigenvalue weighted by Crippen LogP contribution is 2.16. The van der Waals surface area contributed by atoms with Gasteiger partial charge in [0.1, 0.15) is 5.69 Å². The Bertz CT molecular complexity index is 657. The first-order valence-electron chi connectivity index (χ1n) is 7.33. The monoisotopic (exact) mass is 333 g/mol. The van der Waals surface area contributed by atoms with Crippen LogP contribution in [0.3, 0.4) is 0 Å². The zero-order chi connectivity index (χ0) is 16.7. The number of amides is 2. The van der Waals surface area contributed by atoms with Gasteiger partial charge in [-0.15, -0.1) is 11.3 Å². The quantitative estimate of drug-likeness (QED) is 0.806. The van der Waals surface area contributed by atoms with Gasteiger partial charge in [0.05, 0.1) is 18.3 Å². The van der Waals surface area contributed by atoms with Gasteiger partial charge in [-0.1, -0.05) is 13.8 Å². The van der Waals surface area contributed by atoms with Crippen LogP contribution in [0.4, 0.5) is 5.13 Å². The Kier molecular flexibility index (Phi) is 6.16. The predicted octanol–water partition coefficient (Wildman–Crippen LogP) is 1.89. The zero-order valence-electron chi connectivity index (χ0n) is 13.1. The van der Waals surface area contributed by atoms with Crippen LogP contribution in [0.25, 0.3) is 0 Å². The first-order valence-corrected chi connectivity index (χ1v) is 8.21. The highest BCUT2D eigenvalue weighted by Gasteiger charge is 2.12. The lowest BCUT2D eigenvalue weighted by Crippen LogP contribution is -2.27. The number of anilines is 1. The summed E-state index contributed by atoms with van der Waals surface area (Å²) in [5.41, 5.74) is 0.849. The van der Waals surface area contributed by atoms with Gasteiger partial charge in [0.15, 0.2) is 5.13 Å². The SMILES string of the molecule is CC(C)CCNC(=O)Cc1csc(NC(=O)c2cnccn2)n1. The molecule has 0 saturated heterocycles. The largest absolute Gasteiger partial charge is 0.356 e. The van der Waals surface area contributed by atoms with Crippen LogP contribution in [-0.4, -0.2) is 33.3 Å². The van der Waals surface area contributed by atoms with E-state index in [-0.39, 0.29) is 23.9 Å². The summed E-state index contributed by atoms with van der Waals surface area (Å²) in [5.74, 6) is 0.112. The fourth-order valence-electron chi connectivity index (χ4n) is 1.75. The second-order valence-corrected chi connectivity index (χ2v) is 6.26. The standard InChI is InChI=1S/C15H19N5O2S/c1-10(2)3-4-18-13(21)7-11-9-23-15(19-11)20-14(22)12-8-16-5-6-17-12/h5-6,8-10H,3-4,7H2,1-2H3,(H,18,21)(H,19,20,22). The number of aromatic nitrogens is 3. The molecule has 2 amide bonds. The van der Waals surface area contributed by atoms with Crippen LogP contribution in [-0.2, 0) is 11.2 Å². The fourth-order valence-corrected chi connectivity index (χ4v) is 2.46. The fraction of sp³-hybridized carbons (Fsp3) is 0.400. The number of nitrogens with zero attached hydrogens (tertiary/aromatic N) is 3. The summed E-state index contributed by atoms with van der Waals surface area (Å²) in [5, 5.41) is 7.70. The molecule has 0 radical (unpaired) electrons. The van der Waals surface area contributed by atoms with Crippen LogP contribution in [0.15, 0.2) is 24.0 Å². The van der Waals surface area contributed by atoms with Gasteiger partial charge in [0.25, 0.3) is 5.91 Å². The molecule has 23 heavy (non-hydrogen) atoms. The lowest BCUT2D eigenvalue weighted by Gasteiger charge is -2.06. The van der Waals surface area contributed by atoms with E-state index in [0.717, 1.165) is 6.42 Å². The van der Waals surface area contributed by atoms with Gasteiger partial charge in [-0.05, 0) is 12.3 Å². The van der Waals surface area contributed by atoms with Gasteiger partial charge in [0, 0.05) is 24.3 Å². The van der Waals surface area contributed by atoms with E-state index in [0.29, 0.717) is 23.3 Å². The Hall–Kier alpha value is -2.35. The molecule has 0 aliphatic carbocycles. The van der Waals surface area contributed by atoms with Crippen LogP contribution < -0.4 is 10.6 Å². The number of rotatable bonds is 7. The molecule has 2 N–H and O–H groups in total. The van der Waals surface area contributed by atoms with Crippen molar-refractivity contribution in [2.24, 2.45) is 5.92 Å². The van der Waals surface area contributed by atoms with Crippen molar-refractivity contribution < 1.29 is 9.59 Å². The van der Waals surface area contributed by atoms with Crippen molar-refractivity contribution in [2.45, 2.75) is 26.7 Å². The molecule has 7 nitrogen and oxygen atoms in total. The Morgan fingerprint density at radius 2 is 2.13 bits per heavy atom. The average Bonchev–Trinajstić information content (AvgIpc) is 2.94. The maximum atomic E-state index is 11.9. The van der Waals surface area contributed by atoms with E-state index >= 15 is 0 Å². The second kappa shape index (κ2) is 8.33. The third-order valence-corrected chi connectivity index (χ3v) is 3.76. The van der Waals surface area contributed by atoms with Crippen molar-refractivity contribution in [3.8, 4) is 0 Å². The van der Waals surface area contributed by atoms with Gasteiger partial charge in [-0.25, -0.2) is 9.97 Å². The van der Waals surface area contributed by atoms with E-state index in [9.17, 15) is 9.59 Å². The van der Waals surface area contributed by atoms with E-state index < -0.39 is 0 Å². The van der Waals surface area contributed by atoms with Crippen molar-refractivity contribution in [3.63, 3.8) is 0 Å². The molecule has 0 aliphatic rings. The molecule has 2 aromatic heterocycles. The van der Waals surface area contributed by atoms with Gasteiger partial charge in [-0.2, -0.15) is 0 Å². The van der Waals surface area contributed by atoms with E-state index in [1.165, 1.54) is 29.9 Å². The first-order chi connectivity index (χ1) is 11.0. The third kappa shape index (κ3) is 5.74. The smallest absolute Gasteiger partial charge is 0.277 e. The summed E-state index contributed by atoms with van der Waals surface area (Å²) in [6.07, 6.45) is 5.48. The minimum Gasteiger partial charge on any atom is -0.356 e. The molecular formula is C15H19N5O2S. The Labute approximate surface area is 138 Å². The van der Waals surface area contributed by atoms with Crippen LogP contribution in [0, 0.1) is 5.92 Å². The summed E-state index contributed by atoms with van der Waals surface area (Å²) in [4.78, 5) is 35.7. The van der Waals surface area contributed by atoms with Gasteiger partial charge in [0.2, 0.25) is 5.91 Å². The number of thiazole rings is 1. The number of hydrogen-bond acceptors (Lipinski definition) is 6. The predicted molar refractivity (Wildman–Crippen MR) is 88.3 cm³/mol. The third-order valence-electron chi connectivity index (χ3n) is 2.95. The second-order valence-electron chi connectivity index (χ2n) is 5.40. The molecule has 0 unspecified atom stereocenters. The minimum atomic E-state index is -0.375. The Morgan fingerprint density at radius 3 is 2.83 bits per heavy atom. The molecule has 122 valence electrons. The molecule has 0 spiro atoms. The summed E-state index contributed by atoms with van der Waals surface area (Å²) in [7, 11) is 0. The maximum Gasteiger partial charge on any atom is 0.277 e. The highest BCUT2D eigenvalue weighted by atomic mass is 32.1. The van der Waals surface area contributed by atoms with Crippen molar-refractivity contribution in [1.29, 1.82) is 0 Å². The summed E-state index contributed by atoms with van der Waals surface area (Å²) >= 11 is 1.27. The number of hydrogen-bond donors (Lipinski definition) is 2. The molecule has 8 heteroatoms. The van der Waals surface area contributed by atoms with Crippen LogP contribution in [0.2, 0.25) is 0 Å². The maximum absolute atomic E-state index is 11.9. The normalized spacial score (nSPS) is 10.6. The van der Waals surface area contributed by atoms with Crippen LogP contribution in [0.5, 0.6) is 0 Å². The van der Waals surface area contributed by atoms with E-state index in [1.807, 2.05) is 0 Å². The molecular weight excluding hydrogens is 314 g/mol. The number of nitrogens with one attached hydrogen (secondary N) is 2. The van der Waals surface area contributed by atoms with Gasteiger partial charge >= 0.3 is 0 Å². The lowest BCUT2D eigenvalue weighted by molar-refractivity contribution is -0.120. The van der Waals surface area contributed by atoms with E-state index in [1.54, 1.807) is 5.38 Å². The molecule has 2 aromatic rings. The van der Waals surface area contributed by atoms with Gasteiger partial charge < -0.3 is 5.32 Å². The number of carbonyl (C=O) groups excluding carboxylic acids is 2. The topological polar surface area (TPSA) is 96.9 Å². The summed E-state index contributed by atoms with van der Waals surface area (Å²) in [6.45, 7) is 4.88. The van der Waals surface area contributed by atoms with E-state index in [2.05, 4.69) is 39.4 Å². The molecule has 2 rings (SSSR count). The van der Waals surface area contributed by atoms with Crippen molar-refractivity contribution in [2.75, 3.05) is 11.9 Å².